The molecule has 3 nitrogen and oxygen atoms in total. The first-order valence-electron chi connectivity index (χ1n) is 15.2. The monoisotopic (exact) mass is 572 g/mol. The van der Waals surface area contributed by atoms with Gasteiger partial charge in [0.05, 0.1) is 11.4 Å². The van der Waals surface area contributed by atoms with E-state index in [9.17, 15) is 0 Å². The van der Waals surface area contributed by atoms with Gasteiger partial charge in [0.1, 0.15) is 5.52 Å². The first-order valence-corrected chi connectivity index (χ1v) is 15.2. The van der Waals surface area contributed by atoms with Crippen LogP contribution in [-0.2, 0) is 0 Å². The molecule has 3 heteroatoms. The smallest absolute Gasteiger partial charge is 0.227 e. The highest BCUT2D eigenvalue weighted by Crippen LogP contribution is 2.49. The zero-order valence-corrected chi connectivity index (χ0v) is 24.2. The van der Waals surface area contributed by atoms with Gasteiger partial charge in [-0.2, -0.15) is 0 Å². The number of rotatable bonds is 3. The number of fused-ring (bicyclic) bond motifs is 8. The van der Waals surface area contributed by atoms with Crippen LogP contribution in [0.25, 0.3) is 99.6 Å². The Labute approximate surface area is 259 Å². The molecule has 45 heavy (non-hydrogen) atoms. The van der Waals surface area contributed by atoms with Crippen LogP contribution in [0.1, 0.15) is 0 Å². The minimum Gasteiger partial charge on any atom is -0.435 e. The summed E-state index contributed by atoms with van der Waals surface area (Å²) in [6.45, 7) is 0. The van der Waals surface area contributed by atoms with Crippen molar-refractivity contribution in [3.05, 3.63) is 146 Å². The Bertz CT molecular complexity index is 2620. The van der Waals surface area contributed by atoms with E-state index in [1.165, 1.54) is 33.0 Å². The Balaban J connectivity index is 1.14. The van der Waals surface area contributed by atoms with E-state index in [-0.39, 0.29) is 0 Å². The first kappa shape index (κ1) is 24.4. The maximum Gasteiger partial charge on any atom is 0.227 e. The first-order chi connectivity index (χ1) is 22.3. The van der Waals surface area contributed by atoms with Crippen molar-refractivity contribution in [1.82, 2.24) is 9.97 Å². The molecule has 0 saturated heterocycles. The Morgan fingerprint density at radius 3 is 1.98 bits per heavy atom. The van der Waals surface area contributed by atoms with Gasteiger partial charge in [-0.1, -0.05) is 109 Å². The number of oxazole rings is 1. The highest BCUT2D eigenvalue weighted by molar-refractivity contribution is 6.19. The van der Waals surface area contributed by atoms with E-state index >= 15 is 0 Å². The summed E-state index contributed by atoms with van der Waals surface area (Å²) in [6, 6.07) is 51.3. The van der Waals surface area contributed by atoms with Crippen LogP contribution in [0.5, 0.6) is 0 Å². The highest BCUT2D eigenvalue weighted by Gasteiger charge is 2.22. The van der Waals surface area contributed by atoms with Crippen LogP contribution in [0.2, 0.25) is 0 Å². The lowest BCUT2D eigenvalue weighted by atomic mass is 9.96. The average Bonchev–Trinajstić information content (AvgIpc) is 3.69. The maximum atomic E-state index is 6.46. The summed E-state index contributed by atoms with van der Waals surface area (Å²) in [7, 11) is 0. The molecule has 1 aliphatic rings. The average molecular weight is 573 g/mol. The summed E-state index contributed by atoms with van der Waals surface area (Å²) in [5.74, 6) is 0.633. The number of pyridine rings is 1. The van der Waals surface area contributed by atoms with Crippen LogP contribution < -0.4 is 0 Å². The van der Waals surface area contributed by atoms with Gasteiger partial charge in [-0.25, -0.2) is 9.97 Å². The second-order valence-corrected chi connectivity index (χ2v) is 11.7. The SMILES string of the molecule is c1ccc(-c2nc3ccc4ccc5ccc(-c6cccc(-c7ccc8c9c(cccc79)-c7ccccc7-8)n6)cc5c4c3o2)cc1. The second-order valence-electron chi connectivity index (χ2n) is 11.7. The standard InChI is InChI=1S/C42H24N2O/c1-2-8-27(9-3-1)42-44-38-23-20-26-18-16-25-17-19-28(24-35(25)39(26)41(38)45-42)36-14-7-15-37(43-36)31-21-22-34-30-11-5-4-10-29(30)32-12-6-13-33(31)40(32)34/h1-24H. The molecular formula is C42H24N2O. The van der Waals surface area contributed by atoms with Crippen LogP contribution in [0.3, 0.4) is 0 Å². The number of nitrogens with zero attached hydrogens (tertiary/aromatic N) is 2. The Kier molecular flexibility index (Phi) is 5.00. The molecule has 0 N–H and O–H groups in total. The molecule has 1 aliphatic carbocycles. The van der Waals surface area contributed by atoms with Gasteiger partial charge < -0.3 is 4.42 Å². The molecule has 0 bridgehead atoms. The van der Waals surface area contributed by atoms with Gasteiger partial charge in [-0.05, 0) is 85.6 Å². The van der Waals surface area contributed by atoms with Gasteiger partial charge in [0.15, 0.2) is 5.58 Å². The van der Waals surface area contributed by atoms with Crippen LogP contribution in [0.15, 0.2) is 150 Å². The minimum absolute atomic E-state index is 0.633. The fourth-order valence-electron chi connectivity index (χ4n) is 7.16. The predicted octanol–water partition coefficient (Wildman–Crippen LogP) is 11.3. The van der Waals surface area contributed by atoms with E-state index in [1.807, 2.05) is 36.4 Å². The number of aromatic nitrogens is 2. The largest absolute Gasteiger partial charge is 0.435 e. The van der Waals surface area contributed by atoms with E-state index in [2.05, 4.69) is 109 Å². The lowest BCUT2D eigenvalue weighted by Crippen LogP contribution is -1.90. The van der Waals surface area contributed by atoms with E-state index in [0.29, 0.717) is 5.89 Å². The van der Waals surface area contributed by atoms with E-state index in [0.717, 1.165) is 60.7 Å². The Morgan fingerprint density at radius 2 is 1.09 bits per heavy atom. The molecule has 0 spiro atoms. The van der Waals surface area contributed by atoms with Crippen molar-refractivity contribution < 1.29 is 4.42 Å². The minimum atomic E-state index is 0.633. The summed E-state index contributed by atoms with van der Waals surface area (Å²) < 4.78 is 6.46. The summed E-state index contributed by atoms with van der Waals surface area (Å²) in [6.07, 6.45) is 0. The van der Waals surface area contributed by atoms with Crippen LogP contribution in [0, 0.1) is 0 Å². The van der Waals surface area contributed by atoms with Crippen LogP contribution in [0.4, 0.5) is 0 Å². The molecule has 0 fully saturated rings. The molecule has 208 valence electrons. The van der Waals surface area contributed by atoms with E-state index in [1.54, 1.807) is 0 Å². The number of benzene rings is 7. The lowest BCUT2D eigenvalue weighted by Gasteiger charge is -2.11. The third-order valence-corrected chi connectivity index (χ3v) is 9.24. The summed E-state index contributed by atoms with van der Waals surface area (Å²) in [5.41, 5.74) is 12.0. The third-order valence-electron chi connectivity index (χ3n) is 9.24. The van der Waals surface area contributed by atoms with Crippen molar-refractivity contribution in [3.63, 3.8) is 0 Å². The fourth-order valence-corrected chi connectivity index (χ4v) is 7.16. The van der Waals surface area contributed by atoms with Gasteiger partial charge in [0.2, 0.25) is 5.89 Å². The van der Waals surface area contributed by atoms with Crippen molar-refractivity contribution in [2.45, 2.75) is 0 Å². The van der Waals surface area contributed by atoms with Crippen molar-refractivity contribution in [2.24, 2.45) is 0 Å². The van der Waals surface area contributed by atoms with Gasteiger partial charge >= 0.3 is 0 Å². The van der Waals surface area contributed by atoms with Gasteiger partial charge in [0.25, 0.3) is 0 Å². The van der Waals surface area contributed by atoms with Crippen LogP contribution >= 0.6 is 0 Å². The van der Waals surface area contributed by atoms with Crippen molar-refractivity contribution in [2.75, 3.05) is 0 Å². The third kappa shape index (κ3) is 3.58. The molecule has 10 rings (SSSR count). The molecule has 0 amide bonds. The van der Waals surface area contributed by atoms with Gasteiger partial charge in [0, 0.05) is 22.1 Å². The maximum absolute atomic E-state index is 6.46. The predicted molar refractivity (Wildman–Crippen MR) is 185 cm³/mol. The highest BCUT2D eigenvalue weighted by atomic mass is 16.3. The zero-order chi connectivity index (χ0) is 29.5. The molecule has 7 aromatic carbocycles. The molecule has 2 aromatic heterocycles. The number of hydrogen-bond donors (Lipinski definition) is 0. The summed E-state index contributed by atoms with van der Waals surface area (Å²) in [4.78, 5) is 10.1. The molecule has 0 aliphatic heterocycles. The normalized spacial score (nSPS) is 12.0. The Hall–Kier alpha value is -6.06. The Morgan fingerprint density at radius 1 is 0.400 bits per heavy atom. The van der Waals surface area contributed by atoms with E-state index in [4.69, 9.17) is 14.4 Å². The van der Waals surface area contributed by atoms with Gasteiger partial charge in [-0.15, -0.1) is 0 Å². The summed E-state index contributed by atoms with van der Waals surface area (Å²) in [5, 5.41) is 7.02. The van der Waals surface area contributed by atoms with Crippen molar-refractivity contribution >= 4 is 43.4 Å². The quantitative estimate of drug-likeness (QED) is 0.198. The molecule has 9 aromatic rings. The fraction of sp³-hybridized carbons (Fsp3) is 0. The van der Waals surface area contributed by atoms with Crippen LogP contribution in [-0.4, -0.2) is 9.97 Å². The molecular weight excluding hydrogens is 548 g/mol. The molecule has 2 heterocycles. The molecule has 0 unspecified atom stereocenters. The van der Waals surface area contributed by atoms with Crippen molar-refractivity contribution in [1.29, 1.82) is 0 Å². The zero-order valence-electron chi connectivity index (χ0n) is 24.2. The molecule has 0 radical (unpaired) electrons. The summed E-state index contributed by atoms with van der Waals surface area (Å²) >= 11 is 0. The van der Waals surface area contributed by atoms with Crippen molar-refractivity contribution in [3.8, 4) is 56.2 Å². The lowest BCUT2D eigenvalue weighted by molar-refractivity contribution is 0.623. The number of hydrogen-bond acceptors (Lipinski definition) is 3. The molecule has 0 atom stereocenters. The topological polar surface area (TPSA) is 38.9 Å². The second kappa shape index (κ2) is 9.22. The van der Waals surface area contributed by atoms with E-state index < -0.39 is 0 Å². The van der Waals surface area contributed by atoms with Gasteiger partial charge in [-0.3, -0.25) is 0 Å². The molecule has 0 saturated carbocycles.